The van der Waals surface area contributed by atoms with Crippen molar-refractivity contribution in [3.05, 3.63) is 88.5 Å². The van der Waals surface area contributed by atoms with Crippen molar-refractivity contribution in [2.24, 2.45) is 11.3 Å². The van der Waals surface area contributed by atoms with Gasteiger partial charge in [-0.1, -0.05) is 18.6 Å². The Bertz CT molecular complexity index is 1170. The molecule has 31 heavy (non-hydrogen) atoms. The lowest BCUT2D eigenvalue weighted by Crippen LogP contribution is -2.37. The summed E-state index contributed by atoms with van der Waals surface area (Å²) in [6.45, 7) is 2.15. The standard InChI is InChI=1S/C25H23F3N2O/c1-25-13-16-14-29-30(20-7-5-18(26)6-8-20)23(16)11-17(25)3-9-21(25)24(31)10-15-2-4-19(27)12-22(15)28/h2,4-8,11-12,14,21,24,31H,3,9-10,13H2,1H3/t21-,24-,25+/m1/s1. The zero-order valence-electron chi connectivity index (χ0n) is 17.2. The minimum absolute atomic E-state index is 0.0366. The summed E-state index contributed by atoms with van der Waals surface area (Å²) in [5.74, 6) is -1.57. The summed E-state index contributed by atoms with van der Waals surface area (Å²) in [5.41, 5.74) is 4.17. The van der Waals surface area contributed by atoms with Gasteiger partial charge >= 0.3 is 0 Å². The van der Waals surface area contributed by atoms with E-state index in [9.17, 15) is 18.3 Å². The average Bonchev–Trinajstić information content (AvgIpc) is 3.28. The number of benzene rings is 2. The van der Waals surface area contributed by atoms with Crippen molar-refractivity contribution in [1.82, 2.24) is 9.78 Å². The number of fused-ring (bicyclic) bond motifs is 2. The number of hydrogen-bond donors (Lipinski definition) is 1. The Kier molecular flexibility index (Phi) is 4.77. The normalized spacial score (nSPS) is 23.3. The fourth-order valence-electron chi connectivity index (χ4n) is 5.34. The summed E-state index contributed by atoms with van der Waals surface area (Å²) in [7, 11) is 0. The van der Waals surface area contributed by atoms with Gasteiger partial charge in [0.25, 0.3) is 0 Å². The van der Waals surface area contributed by atoms with Gasteiger partial charge in [0.15, 0.2) is 0 Å². The van der Waals surface area contributed by atoms with Gasteiger partial charge in [-0.25, -0.2) is 17.9 Å². The number of aromatic nitrogens is 2. The van der Waals surface area contributed by atoms with Crippen LogP contribution in [0.2, 0.25) is 0 Å². The molecule has 1 aromatic heterocycles. The van der Waals surface area contributed by atoms with Gasteiger partial charge in [0.1, 0.15) is 17.5 Å². The van der Waals surface area contributed by atoms with E-state index in [2.05, 4.69) is 18.1 Å². The number of aliphatic hydroxyl groups excluding tert-OH is 1. The number of aliphatic hydroxyl groups is 1. The van der Waals surface area contributed by atoms with E-state index in [4.69, 9.17) is 0 Å². The molecular weight excluding hydrogens is 401 g/mol. The molecule has 1 heterocycles. The molecule has 2 aliphatic carbocycles. The summed E-state index contributed by atoms with van der Waals surface area (Å²) in [6, 6.07) is 9.73. The van der Waals surface area contributed by atoms with Gasteiger partial charge in [-0.3, -0.25) is 0 Å². The van der Waals surface area contributed by atoms with Crippen LogP contribution in [0.25, 0.3) is 11.8 Å². The molecule has 2 aliphatic rings. The first-order valence-electron chi connectivity index (χ1n) is 10.5. The Morgan fingerprint density at radius 2 is 1.87 bits per heavy atom. The molecule has 0 unspecified atom stereocenters. The molecule has 2 aromatic carbocycles. The van der Waals surface area contributed by atoms with Crippen LogP contribution in [0.4, 0.5) is 13.2 Å². The maximum atomic E-state index is 14.1. The van der Waals surface area contributed by atoms with Crippen LogP contribution >= 0.6 is 0 Å². The van der Waals surface area contributed by atoms with Gasteiger partial charge in [0.2, 0.25) is 0 Å². The molecule has 160 valence electrons. The van der Waals surface area contributed by atoms with Crippen molar-refractivity contribution in [3.8, 4) is 5.69 Å². The highest BCUT2D eigenvalue weighted by Gasteiger charge is 2.48. The second kappa shape index (κ2) is 7.38. The largest absolute Gasteiger partial charge is 0.392 e. The van der Waals surface area contributed by atoms with Gasteiger partial charge < -0.3 is 5.11 Å². The third kappa shape index (κ3) is 3.39. The predicted molar refractivity (Wildman–Crippen MR) is 112 cm³/mol. The molecule has 0 bridgehead atoms. The molecule has 5 rings (SSSR count). The Balaban J connectivity index is 1.42. The lowest BCUT2D eigenvalue weighted by Gasteiger charge is -2.38. The van der Waals surface area contributed by atoms with E-state index in [0.29, 0.717) is 5.56 Å². The maximum absolute atomic E-state index is 14.1. The fraction of sp³-hybridized carbons (Fsp3) is 0.320. The van der Waals surface area contributed by atoms with E-state index in [1.54, 1.807) is 12.1 Å². The Hall–Kier alpha value is -2.86. The molecule has 0 aliphatic heterocycles. The van der Waals surface area contributed by atoms with Crippen molar-refractivity contribution in [1.29, 1.82) is 0 Å². The van der Waals surface area contributed by atoms with Crippen LogP contribution in [0.5, 0.6) is 0 Å². The van der Waals surface area contributed by atoms with Crippen molar-refractivity contribution in [2.45, 2.75) is 38.7 Å². The number of nitrogens with zero attached hydrogens (tertiary/aromatic N) is 2. The minimum atomic E-state index is -0.732. The Morgan fingerprint density at radius 3 is 2.61 bits per heavy atom. The van der Waals surface area contributed by atoms with Crippen LogP contribution in [0.1, 0.15) is 36.6 Å². The first-order valence-corrected chi connectivity index (χ1v) is 10.5. The van der Waals surface area contributed by atoms with E-state index >= 15 is 0 Å². The van der Waals surface area contributed by atoms with Gasteiger partial charge in [-0.2, -0.15) is 5.10 Å². The molecule has 1 N–H and O–H groups in total. The number of halogens is 3. The van der Waals surface area contributed by atoms with Crippen LogP contribution in [0, 0.1) is 28.8 Å². The molecule has 3 atom stereocenters. The molecule has 1 fully saturated rings. The quantitative estimate of drug-likeness (QED) is 0.621. The molecule has 0 saturated heterocycles. The third-order valence-corrected chi connectivity index (χ3v) is 7.01. The molecule has 0 amide bonds. The Labute approximate surface area is 178 Å². The maximum Gasteiger partial charge on any atom is 0.129 e. The minimum Gasteiger partial charge on any atom is -0.392 e. The van der Waals surface area contributed by atoms with Gasteiger partial charge in [0, 0.05) is 12.5 Å². The molecule has 0 radical (unpaired) electrons. The van der Waals surface area contributed by atoms with E-state index in [1.165, 1.54) is 29.8 Å². The molecule has 1 saturated carbocycles. The summed E-state index contributed by atoms with van der Waals surface area (Å²) < 4.78 is 42.5. The molecule has 3 aromatic rings. The van der Waals surface area contributed by atoms with E-state index < -0.39 is 17.7 Å². The summed E-state index contributed by atoms with van der Waals surface area (Å²) >= 11 is 0. The first kappa shape index (κ1) is 20.1. The Morgan fingerprint density at radius 1 is 1.13 bits per heavy atom. The van der Waals surface area contributed by atoms with Gasteiger partial charge in [0.05, 0.1) is 23.7 Å². The number of hydrogen-bond acceptors (Lipinski definition) is 2. The lowest BCUT2D eigenvalue weighted by atomic mass is 9.67. The second-order valence-corrected chi connectivity index (χ2v) is 8.86. The van der Waals surface area contributed by atoms with Crippen LogP contribution in [0.15, 0.2) is 54.2 Å². The highest BCUT2D eigenvalue weighted by molar-refractivity contribution is 5.62. The summed E-state index contributed by atoms with van der Waals surface area (Å²) in [4.78, 5) is 0. The molecule has 0 spiro atoms. The molecular formula is C25H23F3N2O. The van der Waals surface area contributed by atoms with E-state index in [-0.39, 0.29) is 23.6 Å². The lowest BCUT2D eigenvalue weighted by molar-refractivity contribution is 0.0560. The molecule has 3 nitrogen and oxygen atoms in total. The van der Waals surface area contributed by atoms with Crippen LogP contribution in [-0.4, -0.2) is 21.0 Å². The van der Waals surface area contributed by atoms with Crippen molar-refractivity contribution >= 4 is 6.08 Å². The van der Waals surface area contributed by atoms with E-state index in [1.807, 2.05) is 10.9 Å². The fourth-order valence-corrected chi connectivity index (χ4v) is 5.34. The first-order chi connectivity index (χ1) is 14.8. The summed E-state index contributed by atoms with van der Waals surface area (Å²) in [6.07, 6.45) is 5.77. The average molecular weight is 424 g/mol. The zero-order valence-corrected chi connectivity index (χ0v) is 17.2. The van der Waals surface area contributed by atoms with E-state index in [0.717, 1.165) is 42.3 Å². The second-order valence-electron chi connectivity index (χ2n) is 8.86. The number of rotatable bonds is 4. The van der Waals surface area contributed by atoms with Crippen LogP contribution in [-0.2, 0) is 12.8 Å². The van der Waals surface area contributed by atoms with Crippen LogP contribution < -0.4 is 0 Å². The topological polar surface area (TPSA) is 38.0 Å². The third-order valence-electron chi connectivity index (χ3n) is 7.01. The van der Waals surface area contributed by atoms with Crippen LogP contribution in [0.3, 0.4) is 0 Å². The van der Waals surface area contributed by atoms with Crippen molar-refractivity contribution in [3.63, 3.8) is 0 Å². The summed E-state index contributed by atoms with van der Waals surface area (Å²) in [5, 5.41) is 15.5. The van der Waals surface area contributed by atoms with Gasteiger partial charge in [-0.05, 0) is 78.1 Å². The van der Waals surface area contributed by atoms with Crippen molar-refractivity contribution in [2.75, 3.05) is 0 Å². The smallest absolute Gasteiger partial charge is 0.129 e. The highest BCUT2D eigenvalue weighted by atomic mass is 19.1. The van der Waals surface area contributed by atoms with Gasteiger partial charge in [-0.15, -0.1) is 0 Å². The zero-order chi connectivity index (χ0) is 21.8. The highest BCUT2D eigenvalue weighted by Crippen LogP contribution is 2.54. The monoisotopic (exact) mass is 424 g/mol. The predicted octanol–water partition coefficient (Wildman–Crippen LogP) is 5.25. The molecule has 6 heteroatoms. The SMILES string of the molecule is C[C@]12Cc3cnn(-c4ccc(F)cc4)c3C=C1CC[C@@H]2[C@H](O)Cc1ccc(F)cc1F. The van der Waals surface area contributed by atoms with Crippen molar-refractivity contribution < 1.29 is 18.3 Å². The number of allylic oxidation sites excluding steroid dienone is 1.